The molecule has 0 fully saturated rings. The molecule has 0 spiro atoms. The van der Waals surface area contributed by atoms with Gasteiger partial charge < -0.3 is 15.2 Å². The minimum Gasteiger partial charge on any atom is -0.496 e. The molecular formula is C16H24N2O3. The van der Waals surface area contributed by atoms with Crippen LogP contribution in [0.2, 0.25) is 0 Å². The van der Waals surface area contributed by atoms with Crippen LogP contribution in [0.25, 0.3) is 5.57 Å². The van der Waals surface area contributed by atoms with Crippen LogP contribution >= 0.6 is 0 Å². The fraction of sp³-hybridized carbons (Fsp3) is 0.438. The Morgan fingerprint density at radius 1 is 1.38 bits per heavy atom. The van der Waals surface area contributed by atoms with E-state index in [4.69, 9.17) is 15.2 Å². The first-order valence-corrected chi connectivity index (χ1v) is 6.83. The fourth-order valence-corrected chi connectivity index (χ4v) is 1.79. The molecule has 0 saturated carbocycles. The fourth-order valence-electron chi connectivity index (χ4n) is 1.79. The molecule has 0 atom stereocenters. The first kappa shape index (κ1) is 17.0. The lowest BCUT2D eigenvalue weighted by molar-refractivity contribution is 0.0636. The van der Waals surface area contributed by atoms with Gasteiger partial charge in [0.15, 0.2) is 0 Å². The van der Waals surface area contributed by atoms with Gasteiger partial charge in [-0.15, -0.1) is 0 Å². The van der Waals surface area contributed by atoms with E-state index in [0.717, 1.165) is 11.1 Å². The van der Waals surface area contributed by atoms with Crippen LogP contribution in [0.3, 0.4) is 0 Å². The third kappa shape index (κ3) is 5.47. The second-order valence-electron chi connectivity index (χ2n) is 5.68. The summed E-state index contributed by atoms with van der Waals surface area (Å²) in [7, 11) is 1.59. The molecule has 21 heavy (non-hydrogen) atoms. The monoisotopic (exact) mass is 292 g/mol. The van der Waals surface area contributed by atoms with Gasteiger partial charge in [0.25, 0.3) is 0 Å². The minimum absolute atomic E-state index is 0.497. The van der Waals surface area contributed by atoms with Gasteiger partial charge in [-0.05, 0) is 57.5 Å². The smallest absolute Gasteiger partial charge is 0.412 e. The zero-order valence-electron chi connectivity index (χ0n) is 13.2. The predicted molar refractivity (Wildman–Crippen MR) is 85.6 cm³/mol. The third-order valence-electron chi connectivity index (χ3n) is 2.67. The number of nitrogens with one attached hydrogen (secondary N) is 1. The van der Waals surface area contributed by atoms with E-state index >= 15 is 0 Å². The van der Waals surface area contributed by atoms with Crippen molar-refractivity contribution < 1.29 is 14.3 Å². The highest BCUT2D eigenvalue weighted by Crippen LogP contribution is 2.29. The number of carbonyl (C=O) groups excluding carboxylic acids is 1. The zero-order valence-corrected chi connectivity index (χ0v) is 13.2. The molecule has 0 saturated heterocycles. The first-order chi connectivity index (χ1) is 9.76. The Hall–Kier alpha value is -2.01. The number of methoxy groups -OCH3 is 1. The molecule has 5 nitrogen and oxygen atoms in total. The Morgan fingerprint density at radius 2 is 2.05 bits per heavy atom. The number of hydrogen-bond acceptors (Lipinski definition) is 4. The van der Waals surface area contributed by atoms with Gasteiger partial charge in [0, 0.05) is 11.3 Å². The SMILES string of the molecule is C=C(CCN)c1cc(NC(=O)OC(C)(C)C)ccc1OC. The molecule has 5 heteroatoms. The van der Waals surface area contributed by atoms with Gasteiger partial charge in [0.1, 0.15) is 11.4 Å². The number of nitrogens with two attached hydrogens (primary N) is 1. The van der Waals surface area contributed by atoms with Crippen molar-refractivity contribution >= 4 is 17.4 Å². The van der Waals surface area contributed by atoms with Crippen molar-refractivity contribution in [2.45, 2.75) is 32.8 Å². The first-order valence-electron chi connectivity index (χ1n) is 6.83. The summed E-state index contributed by atoms with van der Waals surface area (Å²) in [6.07, 6.45) is 0.162. The van der Waals surface area contributed by atoms with E-state index in [1.807, 2.05) is 20.8 Å². The van der Waals surface area contributed by atoms with Crippen LogP contribution in [-0.2, 0) is 4.74 Å². The summed E-state index contributed by atoms with van der Waals surface area (Å²) >= 11 is 0. The molecule has 0 heterocycles. The summed E-state index contributed by atoms with van der Waals surface area (Å²) in [4.78, 5) is 11.8. The molecule has 0 unspecified atom stereocenters. The molecule has 1 aromatic carbocycles. The van der Waals surface area contributed by atoms with Crippen molar-refractivity contribution in [2.75, 3.05) is 19.0 Å². The van der Waals surface area contributed by atoms with Crippen LogP contribution in [-0.4, -0.2) is 25.3 Å². The Labute approximate surface area is 126 Å². The topological polar surface area (TPSA) is 73.6 Å². The molecule has 0 bridgehead atoms. The number of hydrogen-bond donors (Lipinski definition) is 2. The van der Waals surface area contributed by atoms with Crippen LogP contribution in [0.4, 0.5) is 10.5 Å². The lowest BCUT2D eigenvalue weighted by Gasteiger charge is -2.20. The number of carbonyl (C=O) groups is 1. The van der Waals surface area contributed by atoms with E-state index in [9.17, 15) is 4.79 Å². The summed E-state index contributed by atoms with van der Waals surface area (Å²) in [5.74, 6) is 0.697. The van der Waals surface area contributed by atoms with E-state index in [1.54, 1.807) is 25.3 Å². The lowest BCUT2D eigenvalue weighted by Crippen LogP contribution is -2.27. The summed E-state index contributed by atoms with van der Waals surface area (Å²) < 4.78 is 10.5. The van der Waals surface area contributed by atoms with Gasteiger partial charge in [-0.3, -0.25) is 5.32 Å². The van der Waals surface area contributed by atoms with Gasteiger partial charge in [-0.25, -0.2) is 4.79 Å². The summed E-state index contributed by atoms with van der Waals surface area (Å²) in [6, 6.07) is 5.34. The van der Waals surface area contributed by atoms with Crippen molar-refractivity contribution in [3.05, 3.63) is 30.3 Å². The molecule has 0 aromatic heterocycles. The molecule has 0 aliphatic rings. The zero-order chi connectivity index (χ0) is 16.0. The van der Waals surface area contributed by atoms with Crippen LogP contribution in [0.5, 0.6) is 5.75 Å². The van der Waals surface area contributed by atoms with Gasteiger partial charge in [0.05, 0.1) is 7.11 Å². The third-order valence-corrected chi connectivity index (χ3v) is 2.67. The van der Waals surface area contributed by atoms with E-state index < -0.39 is 11.7 Å². The highest BCUT2D eigenvalue weighted by atomic mass is 16.6. The largest absolute Gasteiger partial charge is 0.496 e. The Morgan fingerprint density at radius 3 is 2.57 bits per heavy atom. The molecule has 1 rings (SSSR count). The molecule has 0 aliphatic heterocycles. The van der Waals surface area contributed by atoms with Crippen molar-refractivity contribution in [3.63, 3.8) is 0 Å². The lowest BCUT2D eigenvalue weighted by atomic mass is 10.0. The number of ether oxygens (including phenoxy) is 2. The summed E-state index contributed by atoms with van der Waals surface area (Å²) in [5.41, 5.74) is 7.33. The van der Waals surface area contributed by atoms with E-state index in [0.29, 0.717) is 24.4 Å². The average molecular weight is 292 g/mol. The summed E-state index contributed by atoms with van der Waals surface area (Å²) in [5, 5.41) is 2.70. The molecular weight excluding hydrogens is 268 g/mol. The van der Waals surface area contributed by atoms with Crippen molar-refractivity contribution in [2.24, 2.45) is 5.73 Å². The van der Waals surface area contributed by atoms with Crippen molar-refractivity contribution in [1.82, 2.24) is 0 Å². The molecule has 3 N–H and O–H groups in total. The van der Waals surface area contributed by atoms with Crippen molar-refractivity contribution in [1.29, 1.82) is 0 Å². The standard InChI is InChI=1S/C16H24N2O3/c1-11(8-9-17)13-10-12(6-7-14(13)20-5)18-15(19)21-16(2,3)4/h6-7,10H,1,8-9,17H2,2-5H3,(H,18,19). The second-order valence-corrected chi connectivity index (χ2v) is 5.68. The molecule has 116 valence electrons. The highest BCUT2D eigenvalue weighted by molar-refractivity contribution is 5.86. The molecule has 0 aliphatic carbocycles. The average Bonchev–Trinajstić information content (AvgIpc) is 2.36. The molecule has 0 radical (unpaired) electrons. The Kier molecular flexibility index (Phi) is 5.79. The van der Waals surface area contributed by atoms with Gasteiger partial charge in [-0.2, -0.15) is 0 Å². The normalized spacial score (nSPS) is 10.9. The van der Waals surface area contributed by atoms with Gasteiger partial charge in [-0.1, -0.05) is 6.58 Å². The maximum absolute atomic E-state index is 11.8. The number of rotatable bonds is 5. The predicted octanol–water partition coefficient (Wildman–Crippen LogP) is 3.40. The van der Waals surface area contributed by atoms with Crippen LogP contribution < -0.4 is 15.8 Å². The summed E-state index contributed by atoms with van der Waals surface area (Å²) in [6.45, 7) is 9.95. The Balaban J connectivity index is 2.92. The second kappa shape index (κ2) is 7.13. The van der Waals surface area contributed by atoms with E-state index in [2.05, 4.69) is 11.9 Å². The number of amides is 1. The quantitative estimate of drug-likeness (QED) is 0.872. The molecule has 1 aromatic rings. The highest BCUT2D eigenvalue weighted by Gasteiger charge is 2.17. The number of benzene rings is 1. The molecule has 1 amide bonds. The van der Waals surface area contributed by atoms with Crippen molar-refractivity contribution in [3.8, 4) is 5.75 Å². The number of anilines is 1. The maximum atomic E-state index is 11.8. The van der Waals surface area contributed by atoms with Crippen LogP contribution in [0, 0.1) is 0 Å². The Bertz CT molecular complexity index is 519. The van der Waals surface area contributed by atoms with Crippen LogP contribution in [0.1, 0.15) is 32.8 Å². The maximum Gasteiger partial charge on any atom is 0.412 e. The van der Waals surface area contributed by atoms with E-state index in [-0.39, 0.29) is 0 Å². The van der Waals surface area contributed by atoms with Crippen LogP contribution in [0.15, 0.2) is 24.8 Å². The van der Waals surface area contributed by atoms with Gasteiger partial charge >= 0.3 is 6.09 Å². The minimum atomic E-state index is -0.539. The van der Waals surface area contributed by atoms with Gasteiger partial charge in [0.2, 0.25) is 0 Å². The van der Waals surface area contributed by atoms with E-state index in [1.165, 1.54) is 0 Å².